The van der Waals surface area contributed by atoms with Gasteiger partial charge in [0.2, 0.25) is 0 Å². The molecule has 2 saturated heterocycles. The summed E-state index contributed by atoms with van der Waals surface area (Å²) in [4.78, 5) is 23.7. The second-order valence-corrected chi connectivity index (χ2v) is 9.24. The zero-order chi connectivity index (χ0) is 19.4. The zero-order valence-corrected chi connectivity index (χ0v) is 20.3. The van der Waals surface area contributed by atoms with Crippen molar-refractivity contribution in [1.29, 1.82) is 0 Å². The van der Waals surface area contributed by atoms with E-state index in [2.05, 4.69) is 27.0 Å². The molecule has 0 saturated carbocycles. The van der Waals surface area contributed by atoms with Crippen LogP contribution in [-0.2, 0) is 4.74 Å². The van der Waals surface area contributed by atoms with Crippen molar-refractivity contribution < 1.29 is 9.53 Å². The van der Waals surface area contributed by atoms with E-state index in [0.717, 1.165) is 37.9 Å². The monoisotopic (exact) mass is 507 g/mol. The van der Waals surface area contributed by atoms with Crippen molar-refractivity contribution in [2.24, 2.45) is 10.9 Å². The fraction of sp³-hybridized carbons (Fsp3) is 0.900. The molecule has 1 atom stereocenters. The number of halogens is 1. The van der Waals surface area contributed by atoms with Crippen LogP contribution in [0.4, 0.5) is 4.79 Å². The van der Waals surface area contributed by atoms with Gasteiger partial charge in [-0.3, -0.25) is 4.99 Å². The Hall–Kier alpha value is -0.770. The van der Waals surface area contributed by atoms with Crippen LogP contribution in [0.1, 0.15) is 47.0 Å². The van der Waals surface area contributed by atoms with Gasteiger partial charge in [-0.1, -0.05) is 6.92 Å². The van der Waals surface area contributed by atoms with Crippen LogP contribution in [0.3, 0.4) is 0 Å². The van der Waals surface area contributed by atoms with Crippen molar-refractivity contribution in [2.45, 2.75) is 58.6 Å². The van der Waals surface area contributed by atoms with Crippen molar-refractivity contribution in [3.63, 3.8) is 0 Å². The number of hydrogen-bond donors (Lipinski definition) is 1. The molecule has 1 unspecified atom stereocenters. The minimum atomic E-state index is -0.445. The maximum atomic E-state index is 12.3. The minimum Gasteiger partial charge on any atom is -0.444 e. The Bertz CT molecular complexity index is 543. The lowest BCUT2D eigenvalue weighted by Gasteiger charge is -2.39. The first-order valence-corrected chi connectivity index (χ1v) is 10.6. The summed E-state index contributed by atoms with van der Waals surface area (Å²) >= 11 is 0. The van der Waals surface area contributed by atoms with E-state index in [1.54, 1.807) is 0 Å². The summed E-state index contributed by atoms with van der Waals surface area (Å²) in [7, 11) is 0. The number of ether oxygens (including phenoxy) is 1. The molecule has 0 aromatic carbocycles. The first kappa shape index (κ1) is 23.5. The number of nitrogens with one attached hydrogen (secondary N) is 1. The number of carbonyl (C=O) groups excluding carboxylic acids is 1. The van der Waals surface area contributed by atoms with E-state index in [1.807, 2.05) is 25.7 Å². The number of amides is 1. The van der Waals surface area contributed by atoms with Crippen molar-refractivity contribution >= 4 is 36.0 Å². The number of aliphatic imine (C=N–C) groups is 1. The number of carbonyl (C=O) groups is 1. The topological polar surface area (TPSA) is 60.4 Å². The molecular formula is C20H38IN5O2. The average Bonchev–Trinajstić information content (AvgIpc) is 3.01. The van der Waals surface area contributed by atoms with Crippen LogP contribution in [0.2, 0.25) is 0 Å². The number of hydrogen-bond acceptors (Lipinski definition) is 6. The van der Waals surface area contributed by atoms with Crippen molar-refractivity contribution in [1.82, 2.24) is 20.0 Å². The van der Waals surface area contributed by atoms with Gasteiger partial charge in [0.25, 0.3) is 0 Å². The molecule has 0 spiro atoms. The van der Waals surface area contributed by atoms with Crippen LogP contribution in [0.15, 0.2) is 4.99 Å². The van der Waals surface area contributed by atoms with E-state index < -0.39 is 5.60 Å². The number of fused-ring (bicyclic) bond motifs is 1. The molecule has 7 nitrogen and oxygen atoms in total. The Morgan fingerprint density at radius 2 is 1.93 bits per heavy atom. The van der Waals surface area contributed by atoms with Gasteiger partial charge in [0, 0.05) is 26.2 Å². The van der Waals surface area contributed by atoms with Gasteiger partial charge in [-0.15, -0.1) is 24.0 Å². The second-order valence-electron chi connectivity index (χ2n) is 9.24. The van der Waals surface area contributed by atoms with Gasteiger partial charge in [-0.05, 0) is 65.6 Å². The molecule has 1 N–H and O–H groups in total. The molecule has 0 aliphatic carbocycles. The Morgan fingerprint density at radius 3 is 2.61 bits per heavy atom. The molecule has 0 bridgehead atoms. The van der Waals surface area contributed by atoms with E-state index in [-0.39, 0.29) is 36.1 Å². The molecule has 8 heteroatoms. The summed E-state index contributed by atoms with van der Waals surface area (Å²) in [5.41, 5.74) is -0.445. The van der Waals surface area contributed by atoms with E-state index in [4.69, 9.17) is 4.74 Å². The normalized spacial score (nSPS) is 23.7. The molecule has 3 aliphatic heterocycles. The van der Waals surface area contributed by atoms with Gasteiger partial charge >= 0.3 is 6.09 Å². The molecule has 162 valence electrons. The van der Waals surface area contributed by atoms with Crippen molar-refractivity contribution in [2.75, 3.05) is 52.4 Å². The summed E-state index contributed by atoms with van der Waals surface area (Å²) in [6, 6.07) is 0.275. The first-order valence-electron chi connectivity index (χ1n) is 10.6. The Labute approximate surface area is 187 Å². The smallest absolute Gasteiger partial charge is 0.410 e. The number of likely N-dealkylation sites (tertiary alicyclic amines) is 1. The molecule has 0 radical (unpaired) electrons. The van der Waals surface area contributed by atoms with Crippen LogP contribution in [0.25, 0.3) is 0 Å². The van der Waals surface area contributed by atoms with Gasteiger partial charge in [0.1, 0.15) is 5.60 Å². The van der Waals surface area contributed by atoms with Gasteiger partial charge in [0.05, 0.1) is 12.6 Å². The number of nitrogens with zero attached hydrogens (tertiary/aromatic N) is 4. The third-order valence-electron chi connectivity index (χ3n) is 5.67. The molecule has 1 amide bonds. The highest BCUT2D eigenvalue weighted by Gasteiger charge is 2.36. The number of piperazine rings is 1. The van der Waals surface area contributed by atoms with Crippen LogP contribution in [0, 0.1) is 5.92 Å². The Morgan fingerprint density at radius 1 is 1.21 bits per heavy atom. The molecule has 0 aromatic rings. The Balaban J connectivity index is 0.00000280. The van der Waals surface area contributed by atoms with Gasteiger partial charge in [-0.25, -0.2) is 4.79 Å². The van der Waals surface area contributed by atoms with Gasteiger partial charge in [-0.2, -0.15) is 0 Å². The van der Waals surface area contributed by atoms with E-state index in [1.165, 1.54) is 32.5 Å². The lowest BCUT2D eigenvalue weighted by atomic mass is 9.99. The first-order chi connectivity index (χ1) is 12.8. The molecule has 2 fully saturated rings. The van der Waals surface area contributed by atoms with E-state index in [0.29, 0.717) is 13.1 Å². The van der Waals surface area contributed by atoms with E-state index >= 15 is 0 Å². The summed E-state index contributed by atoms with van der Waals surface area (Å²) in [5.74, 6) is 1.90. The SMILES string of the molecule is CC1CCN(CCCNC2=NCC3CN(C(=O)OC(C)(C)C)CCN23)CC1.I. The predicted octanol–water partition coefficient (Wildman–Crippen LogP) is 2.61. The quantitative estimate of drug-likeness (QED) is 0.469. The fourth-order valence-electron chi connectivity index (χ4n) is 4.01. The third kappa shape index (κ3) is 6.64. The maximum Gasteiger partial charge on any atom is 0.410 e. The number of piperidine rings is 1. The predicted molar refractivity (Wildman–Crippen MR) is 123 cm³/mol. The highest BCUT2D eigenvalue weighted by molar-refractivity contribution is 14.0. The minimum absolute atomic E-state index is 0. The average molecular weight is 507 g/mol. The molecule has 28 heavy (non-hydrogen) atoms. The largest absolute Gasteiger partial charge is 0.444 e. The summed E-state index contributed by atoms with van der Waals surface area (Å²) in [6.45, 7) is 15.7. The van der Waals surface area contributed by atoms with Crippen molar-refractivity contribution in [3.05, 3.63) is 0 Å². The second kappa shape index (κ2) is 10.3. The van der Waals surface area contributed by atoms with Crippen LogP contribution in [-0.4, -0.2) is 90.8 Å². The highest BCUT2D eigenvalue weighted by atomic mass is 127. The van der Waals surface area contributed by atoms with Crippen LogP contribution in [0.5, 0.6) is 0 Å². The van der Waals surface area contributed by atoms with Gasteiger partial charge in [0.15, 0.2) is 5.96 Å². The Kier molecular flexibility index (Phi) is 8.66. The number of rotatable bonds is 4. The lowest BCUT2D eigenvalue weighted by molar-refractivity contribution is 0.0137. The number of guanidine groups is 1. The van der Waals surface area contributed by atoms with Crippen LogP contribution < -0.4 is 5.32 Å². The highest BCUT2D eigenvalue weighted by Crippen LogP contribution is 2.19. The fourth-order valence-corrected chi connectivity index (χ4v) is 4.01. The third-order valence-corrected chi connectivity index (χ3v) is 5.67. The summed E-state index contributed by atoms with van der Waals surface area (Å²) in [5, 5.41) is 3.53. The molecule has 3 heterocycles. The standard InChI is InChI=1S/C20H37N5O2.HI/c1-16-6-10-23(11-7-16)9-5-8-21-18-22-14-17-15-24(12-13-25(17)18)19(26)27-20(2,3)4;/h16-17H,5-15H2,1-4H3,(H,21,22);1H. The molecule has 3 rings (SSSR count). The van der Waals surface area contributed by atoms with Gasteiger partial charge < -0.3 is 24.8 Å². The van der Waals surface area contributed by atoms with E-state index in [9.17, 15) is 4.79 Å². The maximum absolute atomic E-state index is 12.3. The van der Waals surface area contributed by atoms with Crippen molar-refractivity contribution in [3.8, 4) is 0 Å². The summed E-state index contributed by atoms with van der Waals surface area (Å²) in [6.07, 6.45) is 3.61. The lowest BCUT2D eigenvalue weighted by Crippen LogP contribution is -2.57. The molecule has 3 aliphatic rings. The summed E-state index contributed by atoms with van der Waals surface area (Å²) < 4.78 is 5.51. The molecule has 0 aromatic heterocycles. The molecular weight excluding hydrogens is 469 g/mol. The van der Waals surface area contributed by atoms with Crippen LogP contribution >= 0.6 is 24.0 Å². The zero-order valence-electron chi connectivity index (χ0n) is 17.9.